The summed E-state index contributed by atoms with van der Waals surface area (Å²) in [7, 11) is 0. The molecule has 16 heavy (non-hydrogen) atoms. The van der Waals surface area contributed by atoms with E-state index in [1.54, 1.807) is 0 Å². The van der Waals surface area contributed by atoms with Crippen molar-refractivity contribution in [3.05, 3.63) is 0 Å². The molecule has 1 aliphatic carbocycles. The van der Waals surface area contributed by atoms with Crippen molar-refractivity contribution in [3.63, 3.8) is 0 Å². The first kappa shape index (κ1) is 13.5. The second-order valence-corrected chi connectivity index (χ2v) is 5.63. The predicted octanol–water partition coefficient (Wildman–Crippen LogP) is 2.20. The Kier molecular flexibility index (Phi) is 5.26. The fourth-order valence-electron chi connectivity index (χ4n) is 2.38. The first-order chi connectivity index (χ1) is 7.52. The molecule has 0 saturated heterocycles. The summed E-state index contributed by atoms with van der Waals surface area (Å²) in [6, 6.07) is 0. The van der Waals surface area contributed by atoms with E-state index in [1.807, 2.05) is 0 Å². The number of rotatable bonds is 6. The molecule has 1 aliphatic rings. The maximum absolute atomic E-state index is 11.7. The summed E-state index contributed by atoms with van der Waals surface area (Å²) in [6.07, 6.45) is 7.12. The molecule has 0 aromatic heterocycles. The summed E-state index contributed by atoms with van der Waals surface area (Å²) >= 11 is 0. The standard InChI is InChI=1S/C13H26N2O/c1-11(2)6-5-9-15-12(16)10-13(14)7-3-4-8-13/h11H,3-10,14H2,1-2H3,(H,15,16). The molecular formula is C13H26N2O. The first-order valence-electron chi connectivity index (χ1n) is 6.57. The van der Waals surface area contributed by atoms with Crippen molar-refractivity contribution in [1.29, 1.82) is 0 Å². The van der Waals surface area contributed by atoms with E-state index in [0.717, 1.165) is 25.8 Å². The van der Waals surface area contributed by atoms with Crippen LogP contribution >= 0.6 is 0 Å². The molecule has 3 N–H and O–H groups in total. The highest BCUT2D eigenvalue weighted by atomic mass is 16.1. The molecule has 1 saturated carbocycles. The number of amides is 1. The molecule has 3 heteroatoms. The van der Waals surface area contributed by atoms with Crippen molar-refractivity contribution in [1.82, 2.24) is 5.32 Å². The van der Waals surface area contributed by atoms with Crippen LogP contribution in [-0.2, 0) is 4.79 Å². The summed E-state index contributed by atoms with van der Waals surface area (Å²) < 4.78 is 0. The molecule has 0 heterocycles. The van der Waals surface area contributed by atoms with Gasteiger partial charge in [-0.25, -0.2) is 0 Å². The summed E-state index contributed by atoms with van der Waals surface area (Å²) in [6.45, 7) is 5.21. The molecular weight excluding hydrogens is 200 g/mol. The SMILES string of the molecule is CC(C)CCCNC(=O)CC1(N)CCCC1. The Balaban J connectivity index is 2.11. The Morgan fingerprint density at radius 1 is 1.38 bits per heavy atom. The molecule has 0 aromatic rings. The highest BCUT2D eigenvalue weighted by Gasteiger charge is 2.31. The second kappa shape index (κ2) is 6.24. The fraction of sp³-hybridized carbons (Fsp3) is 0.923. The van der Waals surface area contributed by atoms with E-state index in [1.165, 1.54) is 19.3 Å². The van der Waals surface area contributed by atoms with Gasteiger partial charge in [-0.2, -0.15) is 0 Å². The Labute approximate surface area is 99.2 Å². The molecule has 0 bridgehead atoms. The minimum absolute atomic E-state index is 0.133. The normalized spacial score (nSPS) is 19.0. The minimum Gasteiger partial charge on any atom is -0.356 e. The lowest BCUT2D eigenvalue weighted by Crippen LogP contribution is -2.42. The highest BCUT2D eigenvalue weighted by Crippen LogP contribution is 2.29. The van der Waals surface area contributed by atoms with Crippen LogP contribution in [-0.4, -0.2) is 18.0 Å². The summed E-state index contributed by atoms with van der Waals surface area (Å²) in [5.41, 5.74) is 5.95. The number of carbonyl (C=O) groups is 1. The van der Waals surface area contributed by atoms with Gasteiger partial charge in [0, 0.05) is 18.5 Å². The Bertz CT molecular complexity index is 220. The lowest BCUT2D eigenvalue weighted by Gasteiger charge is -2.22. The molecule has 1 fully saturated rings. The van der Waals surface area contributed by atoms with Crippen LogP contribution in [0.15, 0.2) is 0 Å². The van der Waals surface area contributed by atoms with Gasteiger partial charge >= 0.3 is 0 Å². The van der Waals surface area contributed by atoms with Gasteiger partial charge in [0.2, 0.25) is 5.91 Å². The van der Waals surface area contributed by atoms with Crippen molar-refractivity contribution >= 4 is 5.91 Å². The first-order valence-corrected chi connectivity index (χ1v) is 6.57. The lowest BCUT2D eigenvalue weighted by molar-refractivity contribution is -0.122. The van der Waals surface area contributed by atoms with Crippen LogP contribution in [0.25, 0.3) is 0 Å². The monoisotopic (exact) mass is 226 g/mol. The molecule has 94 valence electrons. The lowest BCUT2D eigenvalue weighted by atomic mass is 9.94. The van der Waals surface area contributed by atoms with Crippen molar-refractivity contribution < 1.29 is 4.79 Å². The van der Waals surface area contributed by atoms with E-state index in [-0.39, 0.29) is 11.4 Å². The zero-order valence-electron chi connectivity index (χ0n) is 10.7. The molecule has 0 aliphatic heterocycles. The summed E-state index contributed by atoms with van der Waals surface area (Å²) in [4.78, 5) is 11.7. The number of nitrogens with two attached hydrogens (primary N) is 1. The van der Waals surface area contributed by atoms with Gasteiger partial charge in [0.25, 0.3) is 0 Å². The zero-order chi connectivity index (χ0) is 12.0. The molecule has 1 amide bonds. The minimum atomic E-state index is -0.206. The highest BCUT2D eigenvalue weighted by molar-refractivity contribution is 5.77. The van der Waals surface area contributed by atoms with Gasteiger partial charge in [-0.1, -0.05) is 26.7 Å². The van der Waals surface area contributed by atoms with Crippen LogP contribution in [0.3, 0.4) is 0 Å². The van der Waals surface area contributed by atoms with Crippen LogP contribution in [0.4, 0.5) is 0 Å². The van der Waals surface area contributed by atoms with Gasteiger partial charge in [0.15, 0.2) is 0 Å². The Morgan fingerprint density at radius 2 is 2.00 bits per heavy atom. The third-order valence-electron chi connectivity index (χ3n) is 3.39. The van der Waals surface area contributed by atoms with Crippen molar-refractivity contribution in [2.45, 2.75) is 64.3 Å². The van der Waals surface area contributed by atoms with Gasteiger partial charge in [-0.3, -0.25) is 4.79 Å². The maximum Gasteiger partial charge on any atom is 0.221 e. The predicted molar refractivity (Wildman–Crippen MR) is 67.1 cm³/mol. The van der Waals surface area contributed by atoms with Crippen LogP contribution in [0.5, 0.6) is 0 Å². The number of nitrogens with one attached hydrogen (secondary N) is 1. The van der Waals surface area contributed by atoms with Crippen molar-refractivity contribution in [2.24, 2.45) is 11.7 Å². The molecule has 0 unspecified atom stereocenters. The van der Waals surface area contributed by atoms with E-state index >= 15 is 0 Å². The van der Waals surface area contributed by atoms with Crippen LogP contribution in [0.1, 0.15) is 58.8 Å². The smallest absolute Gasteiger partial charge is 0.221 e. The molecule has 0 atom stereocenters. The average Bonchev–Trinajstić information content (AvgIpc) is 2.59. The number of hydrogen-bond acceptors (Lipinski definition) is 2. The molecule has 0 aromatic carbocycles. The molecule has 3 nitrogen and oxygen atoms in total. The van der Waals surface area contributed by atoms with Gasteiger partial charge in [-0.15, -0.1) is 0 Å². The maximum atomic E-state index is 11.7. The molecule has 0 radical (unpaired) electrons. The van der Waals surface area contributed by atoms with E-state index in [4.69, 9.17) is 5.73 Å². The van der Waals surface area contributed by atoms with Crippen molar-refractivity contribution in [3.8, 4) is 0 Å². The third kappa shape index (κ3) is 4.97. The van der Waals surface area contributed by atoms with Crippen LogP contribution in [0.2, 0.25) is 0 Å². The quantitative estimate of drug-likeness (QED) is 0.682. The van der Waals surface area contributed by atoms with Gasteiger partial charge in [0.05, 0.1) is 0 Å². The Morgan fingerprint density at radius 3 is 2.56 bits per heavy atom. The summed E-state index contributed by atoms with van der Waals surface area (Å²) in [5, 5.41) is 2.97. The molecule has 0 spiro atoms. The topological polar surface area (TPSA) is 55.1 Å². The third-order valence-corrected chi connectivity index (χ3v) is 3.39. The number of hydrogen-bond donors (Lipinski definition) is 2. The van der Waals surface area contributed by atoms with E-state index in [0.29, 0.717) is 12.3 Å². The number of carbonyl (C=O) groups excluding carboxylic acids is 1. The fourth-order valence-corrected chi connectivity index (χ4v) is 2.38. The van der Waals surface area contributed by atoms with Crippen LogP contribution in [0, 0.1) is 5.92 Å². The van der Waals surface area contributed by atoms with Crippen molar-refractivity contribution in [2.75, 3.05) is 6.54 Å². The largest absolute Gasteiger partial charge is 0.356 e. The van der Waals surface area contributed by atoms with E-state index in [2.05, 4.69) is 19.2 Å². The van der Waals surface area contributed by atoms with Gasteiger partial charge in [-0.05, 0) is 31.6 Å². The summed E-state index contributed by atoms with van der Waals surface area (Å²) in [5.74, 6) is 0.848. The van der Waals surface area contributed by atoms with E-state index < -0.39 is 0 Å². The zero-order valence-corrected chi connectivity index (χ0v) is 10.7. The van der Waals surface area contributed by atoms with Crippen LogP contribution < -0.4 is 11.1 Å². The Hall–Kier alpha value is -0.570. The average molecular weight is 226 g/mol. The second-order valence-electron chi connectivity index (χ2n) is 5.63. The van der Waals surface area contributed by atoms with E-state index in [9.17, 15) is 4.79 Å². The molecule has 1 rings (SSSR count). The van der Waals surface area contributed by atoms with Gasteiger partial charge in [0.1, 0.15) is 0 Å². The van der Waals surface area contributed by atoms with Gasteiger partial charge < -0.3 is 11.1 Å².